The highest BCUT2D eigenvalue weighted by atomic mass is 16.5. The van der Waals surface area contributed by atoms with Gasteiger partial charge in [0.1, 0.15) is 0 Å². The summed E-state index contributed by atoms with van der Waals surface area (Å²) in [5.74, 6) is 8.61. The van der Waals surface area contributed by atoms with Crippen molar-refractivity contribution in [3.63, 3.8) is 0 Å². The molecule has 2 fully saturated rings. The monoisotopic (exact) mass is 240 g/mol. The van der Waals surface area contributed by atoms with E-state index in [4.69, 9.17) is 10.6 Å². The number of hydrogen-bond acceptors (Lipinski definition) is 3. The van der Waals surface area contributed by atoms with Gasteiger partial charge in [0, 0.05) is 7.11 Å². The van der Waals surface area contributed by atoms with Crippen molar-refractivity contribution >= 4 is 0 Å². The summed E-state index contributed by atoms with van der Waals surface area (Å²) in [6.07, 6.45) is 7.98. The second-order valence-corrected chi connectivity index (χ2v) is 6.26. The standard InChI is InChI=1S/C14H28N2O/c1-4-14(2,17-3)13(16-15)9-12-8-10-5-6-11(12)7-10/h10-13,16H,4-9,15H2,1-3H3. The zero-order chi connectivity index (χ0) is 12.5. The van der Waals surface area contributed by atoms with Crippen molar-refractivity contribution in [2.75, 3.05) is 7.11 Å². The highest BCUT2D eigenvalue weighted by Gasteiger charge is 2.42. The lowest BCUT2D eigenvalue weighted by Gasteiger charge is -2.38. The summed E-state index contributed by atoms with van der Waals surface area (Å²) in [6.45, 7) is 4.35. The Hall–Kier alpha value is -0.120. The van der Waals surface area contributed by atoms with Gasteiger partial charge in [-0.2, -0.15) is 0 Å². The Morgan fingerprint density at radius 2 is 2.18 bits per heavy atom. The summed E-state index contributed by atoms with van der Waals surface area (Å²) in [5.41, 5.74) is 2.88. The van der Waals surface area contributed by atoms with E-state index < -0.39 is 0 Å². The second-order valence-electron chi connectivity index (χ2n) is 6.26. The van der Waals surface area contributed by atoms with Crippen LogP contribution in [0.15, 0.2) is 0 Å². The molecule has 0 aromatic carbocycles. The first kappa shape index (κ1) is 13.3. The van der Waals surface area contributed by atoms with Gasteiger partial charge in [0.25, 0.3) is 0 Å². The van der Waals surface area contributed by atoms with Gasteiger partial charge in [-0.1, -0.05) is 13.3 Å². The third-order valence-electron chi connectivity index (χ3n) is 5.53. The SMILES string of the molecule is CCC(C)(OC)C(CC1CC2CCC1C2)NN. The number of rotatable bonds is 6. The summed E-state index contributed by atoms with van der Waals surface area (Å²) in [7, 11) is 1.80. The molecule has 3 heteroatoms. The molecule has 2 rings (SSSR count). The van der Waals surface area contributed by atoms with Crippen molar-refractivity contribution < 1.29 is 4.74 Å². The topological polar surface area (TPSA) is 47.3 Å². The molecule has 3 N–H and O–H groups in total. The molecule has 0 aromatic rings. The lowest BCUT2D eigenvalue weighted by Crippen LogP contribution is -2.53. The first-order valence-electron chi connectivity index (χ1n) is 7.14. The van der Waals surface area contributed by atoms with Crippen LogP contribution in [0.3, 0.4) is 0 Å². The van der Waals surface area contributed by atoms with Gasteiger partial charge >= 0.3 is 0 Å². The van der Waals surface area contributed by atoms with Crippen molar-refractivity contribution in [2.24, 2.45) is 23.6 Å². The predicted octanol–water partition coefficient (Wildman–Crippen LogP) is 2.46. The predicted molar refractivity (Wildman–Crippen MR) is 70.4 cm³/mol. The van der Waals surface area contributed by atoms with Gasteiger partial charge in [-0.25, -0.2) is 0 Å². The molecule has 3 nitrogen and oxygen atoms in total. The van der Waals surface area contributed by atoms with Crippen molar-refractivity contribution in [1.82, 2.24) is 5.43 Å². The average molecular weight is 240 g/mol. The minimum atomic E-state index is -0.128. The third-order valence-corrected chi connectivity index (χ3v) is 5.53. The summed E-state index contributed by atoms with van der Waals surface area (Å²) in [4.78, 5) is 0. The Bertz CT molecular complexity index is 253. The minimum Gasteiger partial charge on any atom is -0.377 e. The smallest absolute Gasteiger partial charge is 0.0813 e. The molecule has 5 atom stereocenters. The lowest BCUT2D eigenvalue weighted by molar-refractivity contribution is -0.0371. The van der Waals surface area contributed by atoms with Crippen LogP contribution in [0.25, 0.3) is 0 Å². The summed E-state index contributed by atoms with van der Waals surface area (Å²) >= 11 is 0. The van der Waals surface area contributed by atoms with E-state index in [0.29, 0.717) is 0 Å². The van der Waals surface area contributed by atoms with Crippen molar-refractivity contribution in [3.05, 3.63) is 0 Å². The molecule has 17 heavy (non-hydrogen) atoms. The van der Waals surface area contributed by atoms with Gasteiger partial charge in [-0.15, -0.1) is 0 Å². The van der Waals surface area contributed by atoms with Crippen LogP contribution in [-0.2, 0) is 4.74 Å². The number of nitrogens with two attached hydrogens (primary N) is 1. The van der Waals surface area contributed by atoms with Crippen LogP contribution < -0.4 is 11.3 Å². The Morgan fingerprint density at radius 1 is 1.41 bits per heavy atom. The molecule has 0 radical (unpaired) electrons. The van der Waals surface area contributed by atoms with Gasteiger partial charge in [-0.05, 0) is 56.8 Å². The molecule has 2 aliphatic rings. The van der Waals surface area contributed by atoms with Gasteiger partial charge < -0.3 is 4.74 Å². The van der Waals surface area contributed by atoms with E-state index >= 15 is 0 Å². The fourth-order valence-electron chi connectivity index (χ4n) is 3.99. The zero-order valence-corrected chi connectivity index (χ0v) is 11.5. The highest BCUT2D eigenvalue weighted by Crippen LogP contribution is 2.50. The normalized spacial score (nSPS) is 37.1. The van der Waals surface area contributed by atoms with E-state index in [2.05, 4.69) is 19.3 Å². The second kappa shape index (κ2) is 5.25. The molecule has 0 aliphatic heterocycles. The van der Waals surface area contributed by atoms with E-state index in [1.54, 1.807) is 7.11 Å². The molecule has 0 saturated heterocycles. The summed E-state index contributed by atoms with van der Waals surface area (Å²) in [6, 6.07) is 0.279. The third kappa shape index (κ3) is 2.51. The molecule has 0 aromatic heterocycles. The molecule has 2 saturated carbocycles. The maximum atomic E-state index is 5.76. The molecular weight excluding hydrogens is 212 g/mol. The van der Waals surface area contributed by atoms with Crippen LogP contribution in [0.5, 0.6) is 0 Å². The molecule has 0 heterocycles. The van der Waals surface area contributed by atoms with Gasteiger partial charge in [-0.3, -0.25) is 11.3 Å². The zero-order valence-electron chi connectivity index (χ0n) is 11.5. The number of hydrogen-bond donors (Lipinski definition) is 2. The van der Waals surface area contributed by atoms with E-state index in [1.807, 2.05) is 0 Å². The molecule has 100 valence electrons. The Morgan fingerprint density at radius 3 is 2.59 bits per heavy atom. The van der Waals surface area contributed by atoms with E-state index in [9.17, 15) is 0 Å². The minimum absolute atomic E-state index is 0.128. The van der Waals surface area contributed by atoms with E-state index in [1.165, 1.54) is 32.1 Å². The Labute approximate surface area is 105 Å². The fraction of sp³-hybridized carbons (Fsp3) is 1.00. The molecule has 2 bridgehead atoms. The van der Waals surface area contributed by atoms with Crippen LogP contribution in [0.1, 0.15) is 52.4 Å². The van der Waals surface area contributed by atoms with Crippen molar-refractivity contribution in [3.8, 4) is 0 Å². The summed E-state index contributed by atoms with van der Waals surface area (Å²) < 4.78 is 5.69. The van der Waals surface area contributed by atoms with Gasteiger partial charge in [0.2, 0.25) is 0 Å². The fourth-order valence-corrected chi connectivity index (χ4v) is 3.99. The quantitative estimate of drug-likeness (QED) is 0.554. The largest absolute Gasteiger partial charge is 0.377 e. The van der Waals surface area contributed by atoms with Crippen molar-refractivity contribution in [1.29, 1.82) is 0 Å². The maximum Gasteiger partial charge on any atom is 0.0813 e. The Balaban J connectivity index is 1.95. The number of methoxy groups -OCH3 is 1. The number of fused-ring (bicyclic) bond motifs is 2. The summed E-state index contributed by atoms with van der Waals surface area (Å²) in [5, 5.41) is 0. The van der Waals surface area contributed by atoms with Crippen LogP contribution in [0.4, 0.5) is 0 Å². The number of hydrazine groups is 1. The van der Waals surface area contributed by atoms with Crippen LogP contribution in [0.2, 0.25) is 0 Å². The lowest BCUT2D eigenvalue weighted by atomic mass is 9.79. The maximum absolute atomic E-state index is 5.76. The van der Waals surface area contributed by atoms with E-state index in [-0.39, 0.29) is 11.6 Å². The molecule has 2 aliphatic carbocycles. The molecule has 0 spiro atoms. The highest BCUT2D eigenvalue weighted by molar-refractivity contribution is 4.95. The molecule has 5 unspecified atom stereocenters. The van der Waals surface area contributed by atoms with Crippen molar-refractivity contribution in [2.45, 2.75) is 64.0 Å². The Kier molecular flexibility index (Phi) is 4.11. The van der Waals surface area contributed by atoms with E-state index in [0.717, 1.165) is 24.2 Å². The van der Waals surface area contributed by atoms with Gasteiger partial charge in [0.05, 0.1) is 11.6 Å². The van der Waals surface area contributed by atoms with Crippen LogP contribution in [0, 0.1) is 17.8 Å². The average Bonchev–Trinajstić information content (AvgIpc) is 2.97. The van der Waals surface area contributed by atoms with Gasteiger partial charge in [0.15, 0.2) is 0 Å². The molecular formula is C14H28N2O. The first-order valence-corrected chi connectivity index (χ1v) is 7.14. The number of nitrogens with one attached hydrogen (secondary N) is 1. The number of ether oxygens (including phenoxy) is 1. The first-order chi connectivity index (χ1) is 8.12. The van der Waals surface area contributed by atoms with Crippen LogP contribution in [-0.4, -0.2) is 18.8 Å². The van der Waals surface area contributed by atoms with Crippen LogP contribution >= 0.6 is 0 Å². The molecule has 0 amide bonds.